The minimum Gasteiger partial charge on any atom is -0.284 e. The van der Waals surface area contributed by atoms with E-state index in [-0.39, 0.29) is 11.3 Å². The Balaban J connectivity index is 1.66. The van der Waals surface area contributed by atoms with Crippen LogP contribution in [0.5, 0.6) is 0 Å². The summed E-state index contributed by atoms with van der Waals surface area (Å²) in [5, 5.41) is 8.65. The fourth-order valence-corrected chi connectivity index (χ4v) is 4.50. The van der Waals surface area contributed by atoms with Crippen molar-refractivity contribution >= 4 is 21.2 Å². The molecule has 0 radical (unpaired) electrons. The molecule has 2 aromatic carbocycles. The van der Waals surface area contributed by atoms with Gasteiger partial charge in [0.05, 0.1) is 23.7 Å². The van der Waals surface area contributed by atoms with Crippen molar-refractivity contribution in [3.63, 3.8) is 0 Å². The number of aryl methyl sites for hydroxylation is 1. The van der Waals surface area contributed by atoms with Gasteiger partial charge in [0.15, 0.2) is 0 Å². The zero-order chi connectivity index (χ0) is 24.0. The summed E-state index contributed by atoms with van der Waals surface area (Å²) in [4.78, 5) is 0. The van der Waals surface area contributed by atoms with Crippen molar-refractivity contribution in [2.45, 2.75) is 0 Å². The lowest BCUT2D eigenvalue weighted by Crippen LogP contribution is -2.09. The molecule has 1 N–H and O–H groups in total. The van der Waals surface area contributed by atoms with Crippen molar-refractivity contribution in [2.24, 2.45) is 7.05 Å². The van der Waals surface area contributed by atoms with Crippen molar-refractivity contribution in [1.82, 2.24) is 19.4 Å². The smallest absolute Gasteiger partial charge is 0.229 e. The van der Waals surface area contributed by atoms with E-state index < -0.39 is 21.7 Å². The van der Waals surface area contributed by atoms with E-state index >= 15 is 0 Å². The van der Waals surface area contributed by atoms with Crippen LogP contribution in [-0.2, 0) is 17.1 Å². The Bertz CT molecular complexity index is 1660. The van der Waals surface area contributed by atoms with E-state index in [0.29, 0.717) is 11.1 Å². The lowest BCUT2D eigenvalue weighted by Gasteiger charge is -2.12. The maximum Gasteiger partial charge on any atom is 0.229 e. The number of fused-ring (bicyclic) bond motifs is 1. The summed E-state index contributed by atoms with van der Waals surface area (Å²) in [6.07, 6.45) is 6.28. The summed E-state index contributed by atoms with van der Waals surface area (Å²) in [5.41, 5.74) is 4.75. The average Bonchev–Trinajstić information content (AvgIpc) is 3.37. The Labute approximate surface area is 194 Å². The molecule has 0 fully saturated rings. The first-order valence-electron chi connectivity index (χ1n) is 10.2. The number of sulfonamides is 1. The third-order valence-corrected chi connectivity index (χ3v) is 6.03. The van der Waals surface area contributed by atoms with Gasteiger partial charge < -0.3 is 0 Å². The van der Waals surface area contributed by atoms with Crippen molar-refractivity contribution in [1.29, 1.82) is 0 Å². The molecular weight excluding hydrogens is 460 g/mol. The zero-order valence-electron chi connectivity index (χ0n) is 18.2. The van der Waals surface area contributed by atoms with E-state index in [1.54, 1.807) is 33.7 Å². The monoisotopic (exact) mass is 479 g/mol. The first-order chi connectivity index (χ1) is 16.2. The first-order valence-corrected chi connectivity index (χ1v) is 12.1. The number of nitrogens with zero attached hydrogens (tertiary/aromatic N) is 4. The number of halogens is 2. The molecule has 0 aliphatic heterocycles. The predicted octanol–water partition coefficient (Wildman–Crippen LogP) is 4.72. The molecule has 10 heteroatoms. The maximum absolute atomic E-state index is 14.5. The lowest BCUT2D eigenvalue weighted by molar-refractivity contribution is 0.585. The summed E-state index contributed by atoms with van der Waals surface area (Å²) in [5.74, 6) is -1.44. The molecule has 0 saturated heterocycles. The molecule has 34 heavy (non-hydrogen) atoms. The highest BCUT2D eigenvalue weighted by atomic mass is 32.2. The van der Waals surface area contributed by atoms with Crippen LogP contribution >= 0.6 is 0 Å². The van der Waals surface area contributed by atoms with Gasteiger partial charge in [-0.2, -0.15) is 10.2 Å². The van der Waals surface area contributed by atoms with E-state index in [0.717, 1.165) is 40.7 Å². The van der Waals surface area contributed by atoms with E-state index in [2.05, 4.69) is 14.9 Å². The van der Waals surface area contributed by atoms with Crippen molar-refractivity contribution < 1.29 is 17.2 Å². The van der Waals surface area contributed by atoms with Crippen LogP contribution in [0.3, 0.4) is 0 Å². The Morgan fingerprint density at radius 1 is 0.882 bits per heavy atom. The molecule has 0 unspecified atom stereocenters. The average molecular weight is 480 g/mol. The van der Waals surface area contributed by atoms with E-state index in [4.69, 9.17) is 0 Å². The van der Waals surface area contributed by atoms with Crippen molar-refractivity contribution in [2.75, 3.05) is 11.0 Å². The third kappa shape index (κ3) is 4.15. The van der Waals surface area contributed by atoms with Crippen LogP contribution in [0.2, 0.25) is 0 Å². The molecule has 0 spiro atoms. The maximum atomic E-state index is 14.5. The molecule has 0 amide bonds. The Morgan fingerprint density at radius 2 is 1.65 bits per heavy atom. The van der Waals surface area contributed by atoms with Gasteiger partial charge in [-0.3, -0.25) is 9.40 Å². The molecule has 0 atom stereocenters. The molecule has 0 aliphatic rings. The summed E-state index contributed by atoms with van der Waals surface area (Å²) in [7, 11) is -1.74. The van der Waals surface area contributed by atoms with Crippen molar-refractivity contribution in [3.05, 3.63) is 84.8 Å². The normalized spacial score (nSPS) is 11.8. The van der Waals surface area contributed by atoms with E-state index in [1.807, 2.05) is 31.4 Å². The SMILES string of the molecule is Cn1nccc1-c1ccc2c(-c3cc(NS(C)(=O)=O)cc(-c4ccc(F)cc4F)c3)cnn2c1. The minimum absolute atomic E-state index is 0.148. The van der Waals surface area contributed by atoms with Gasteiger partial charge in [0.25, 0.3) is 0 Å². The molecule has 172 valence electrons. The topological polar surface area (TPSA) is 81.3 Å². The van der Waals surface area contributed by atoms with Gasteiger partial charge in [0.1, 0.15) is 11.6 Å². The Kier molecular flexibility index (Phi) is 5.17. The quantitative estimate of drug-likeness (QED) is 0.396. The van der Waals surface area contributed by atoms with Gasteiger partial charge in [-0.25, -0.2) is 21.7 Å². The van der Waals surface area contributed by atoms with Crippen LogP contribution < -0.4 is 4.72 Å². The Morgan fingerprint density at radius 3 is 2.32 bits per heavy atom. The molecular formula is C24H19F2N5O2S. The fraction of sp³-hybridized carbons (Fsp3) is 0.0833. The number of hydrogen-bond donors (Lipinski definition) is 1. The van der Waals surface area contributed by atoms with Gasteiger partial charge in [-0.1, -0.05) is 0 Å². The van der Waals surface area contributed by atoms with Crippen LogP contribution in [-0.4, -0.2) is 34.1 Å². The lowest BCUT2D eigenvalue weighted by atomic mass is 9.98. The first kappa shape index (κ1) is 21.8. The molecule has 7 nitrogen and oxygen atoms in total. The van der Waals surface area contributed by atoms with Gasteiger partial charge in [-0.05, 0) is 59.7 Å². The number of hydrogen-bond acceptors (Lipinski definition) is 4. The number of benzene rings is 2. The third-order valence-electron chi connectivity index (χ3n) is 5.42. The highest BCUT2D eigenvalue weighted by Crippen LogP contribution is 2.34. The standard InChI is InChI=1S/C24H19F2N5O2S/c1-30-23(7-8-27-30)15-3-6-24-21(13-28-31(24)14-15)17-9-16(10-19(11-17)29-34(2,32)33)20-5-4-18(25)12-22(20)26/h3-14,29H,1-2H3. The number of pyridine rings is 1. The minimum atomic E-state index is -3.59. The van der Waals surface area contributed by atoms with E-state index in [1.165, 1.54) is 12.1 Å². The second-order valence-corrected chi connectivity index (χ2v) is 9.69. The number of rotatable bonds is 5. The summed E-state index contributed by atoms with van der Waals surface area (Å²) in [6, 6.07) is 13.9. The van der Waals surface area contributed by atoms with Gasteiger partial charge >= 0.3 is 0 Å². The molecule has 3 heterocycles. The van der Waals surface area contributed by atoms with Crippen LogP contribution in [0.15, 0.2) is 73.2 Å². The van der Waals surface area contributed by atoms with Gasteiger partial charge in [0.2, 0.25) is 10.0 Å². The van der Waals surface area contributed by atoms with Crippen LogP contribution in [0.25, 0.3) is 39.0 Å². The molecule has 0 aliphatic carbocycles. The largest absolute Gasteiger partial charge is 0.284 e. The summed E-state index contributed by atoms with van der Waals surface area (Å²) in [6.45, 7) is 0. The fourth-order valence-electron chi connectivity index (χ4n) is 3.95. The van der Waals surface area contributed by atoms with Gasteiger partial charge in [-0.15, -0.1) is 0 Å². The molecule has 0 bridgehead atoms. The second kappa shape index (κ2) is 8.07. The highest BCUT2D eigenvalue weighted by molar-refractivity contribution is 7.92. The molecule has 3 aromatic heterocycles. The Hall–Kier alpha value is -4.05. The van der Waals surface area contributed by atoms with Gasteiger partial charge in [0, 0.05) is 47.9 Å². The molecule has 5 rings (SSSR count). The zero-order valence-corrected chi connectivity index (χ0v) is 19.0. The second-order valence-electron chi connectivity index (χ2n) is 7.94. The molecule has 0 saturated carbocycles. The van der Waals surface area contributed by atoms with Crippen LogP contribution in [0.1, 0.15) is 0 Å². The number of nitrogens with one attached hydrogen (secondary N) is 1. The summed E-state index contributed by atoms with van der Waals surface area (Å²) < 4.78 is 57.7. The van der Waals surface area contributed by atoms with E-state index in [9.17, 15) is 17.2 Å². The number of anilines is 1. The number of aromatic nitrogens is 4. The van der Waals surface area contributed by atoms with Crippen molar-refractivity contribution in [3.8, 4) is 33.5 Å². The summed E-state index contributed by atoms with van der Waals surface area (Å²) >= 11 is 0. The van der Waals surface area contributed by atoms with Crippen LogP contribution in [0, 0.1) is 11.6 Å². The highest BCUT2D eigenvalue weighted by Gasteiger charge is 2.15. The molecule has 5 aromatic rings. The van der Waals surface area contributed by atoms with Crippen LogP contribution in [0.4, 0.5) is 14.5 Å². The predicted molar refractivity (Wildman–Crippen MR) is 127 cm³/mol.